The molecular weight excluding hydrogens is 329 g/mol. The molecule has 9 heteroatoms. The van der Waals surface area contributed by atoms with Crippen molar-refractivity contribution in [1.29, 1.82) is 0 Å². The maximum absolute atomic E-state index is 12.2. The minimum Gasteiger partial charge on any atom is -0.399 e. The standard InChI is InChI=1S/C13H17Cl2N5O2/c14-8-3-7(16)4-9(15)12(8)19-11(21)6-20-2-1-18-5-10(20)13(17)22/h3-4,10,18H,1-2,5-6,16H2,(H2,17,22)(H,19,21)/t10-/m1/s1. The van der Waals surface area contributed by atoms with Crippen molar-refractivity contribution in [2.75, 3.05) is 37.2 Å². The summed E-state index contributed by atoms with van der Waals surface area (Å²) in [6, 6.07) is 2.48. The van der Waals surface area contributed by atoms with Crippen molar-refractivity contribution < 1.29 is 9.59 Å². The number of carbonyl (C=O) groups is 2. The van der Waals surface area contributed by atoms with Crippen LogP contribution in [0.25, 0.3) is 0 Å². The van der Waals surface area contributed by atoms with Crippen LogP contribution in [0.3, 0.4) is 0 Å². The molecule has 6 N–H and O–H groups in total. The first-order valence-corrected chi connectivity index (χ1v) is 7.42. The molecule has 0 aliphatic carbocycles. The predicted molar refractivity (Wildman–Crippen MR) is 86.9 cm³/mol. The summed E-state index contributed by atoms with van der Waals surface area (Å²) in [6.45, 7) is 1.67. The maximum atomic E-state index is 12.2. The molecule has 0 saturated carbocycles. The number of halogens is 2. The number of rotatable bonds is 4. The first kappa shape index (κ1) is 16.8. The molecule has 2 rings (SSSR count). The van der Waals surface area contributed by atoms with E-state index < -0.39 is 11.9 Å². The Hall–Kier alpha value is -1.54. The van der Waals surface area contributed by atoms with Gasteiger partial charge in [0.15, 0.2) is 0 Å². The number of nitrogens with zero attached hydrogens (tertiary/aromatic N) is 1. The van der Waals surface area contributed by atoms with E-state index in [1.165, 1.54) is 12.1 Å². The summed E-state index contributed by atoms with van der Waals surface area (Å²) >= 11 is 12.0. The van der Waals surface area contributed by atoms with Crippen molar-refractivity contribution in [3.8, 4) is 0 Å². The summed E-state index contributed by atoms with van der Waals surface area (Å²) in [7, 11) is 0. The van der Waals surface area contributed by atoms with Crippen LogP contribution in [-0.4, -0.2) is 48.9 Å². The molecule has 0 unspecified atom stereocenters. The largest absolute Gasteiger partial charge is 0.399 e. The van der Waals surface area contributed by atoms with Crippen LogP contribution in [0.2, 0.25) is 10.0 Å². The third-order valence-electron chi connectivity index (χ3n) is 3.36. The Kier molecular flexibility index (Phi) is 5.47. The van der Waals surface area contributed by atoms with Gasteiger partial charge in [-0.15, -0.1) is 0 Å². The molecule has 2 amide bonds. The third-order valence-corrected chi connectivity index (χ3v) is 3.95. The van der Waals surface area contributed by atoms with E-state index in [4.69, 9.17) is 34.7 Å². The Labute approximate surface area is 137 Å². The highest BCUT2D eigenvalue weighted by molar-refractivity contribution is 6.40. The number of nitrogens with two attached hydrogens (primary N) is 2. The van der Waals surface area contributed by atoms with Crippen molar-refractivity contribution in [2.24, 2.45) is 5.73 Å². The van der Waals surface area contributed by atoms with E-state index in [0.29, 0.717) is 31.0 Å². The van der Waals surface area contributed by atoms with Crippen LogP contribution < -0.4 is 22.1 Å². The molecule has 0 bridgehead atoms. The average molecular weight is 346 g/mol. The minimum atomic E-state index is -0.517. The topological polar surface area (TPSA) is 113 Å². The molecule has 1 fully saturated rings. The van der Waals surface area contributed by atoms with Gasteiger partial charge in [-0.2, -0.15) is 0 Å². The highest BCUT2D eigenvalue weighted by atomic mass is 35.5. The van der Waals surface area contributed by atoms with Crippen molar-refractivity contribution in [1.82, 2.24) is 10.2 Å². The molecule has 1 aliphatic rings. The number of amides is 2. The van der Waals surface area contributed by atoms with Crippen LogP contribution in [0.1, 0.15) is 0 Å². The number of nitrogens with one attached hydrogen (secondary N) is 2. The van der Waals surface area contributed by atoms with E-state index in [0.717, 1.165) is 0 Å². The zero-order chi connectivity index (χ0) is 16.3. The summed E-state index contributed by atoms with van der Waals surface area (Å²) in [5.74, 6) is -0.801. The summed E-state index contributed by atoms with van der Waals surface area (Å²) in [4.78, 5) is 25.3. The van der Waals surface area contributed by atoms with Crippen molar-refractivity contribution in [3.63, 3.8) is 0 Å². The molecule has 1 aromatic rings. The van der Waals surface area contributed by atoms with E-state index in [-0.39, 0.29) is 22.5 Å². The van der Waals surface area contributed by atoms with Crippen LogP contribution in [0, 0.1) is 0 Å². The van der Waals surface area contributed by atoms with Gasteiger partial charge in [-0.3, -0.25) is 14.5 Å². The Morgan fingerprint density at radius 1 is 1.36 bits per heavy atom. The van der Waals surface area contributed by atoms with E-state index >= 15 is 0 Å². The van der Waals surface area contributed by atoms with Gasteiger partial charge in [-0.1, -0.05) is 23.2 Å². The number of nitrogen functional groups attached to an aromatic ring is 1. The van der Waals surface area contributed by atoms with Crippen molar-refractivity contribution in [3.05, 3.63) is 22.2 Å². The van der Waals surface area contributed by atoms with Crippen LogP contribution in [0.4, 0.5) is 11.4 Å². The minimum absolute atomic E-state index is 0.0202. The first-order valence-electron chi connectivity index (χ1n) is 6.67. The lowest BCUT2D eigenvalue weighted by Crippen LogP contribution is -2.58. The Bertz CT molecular complexity index is 573. The fourth-order valence-corrected chi connectivity index (χ4v) is 2.89. The lowest BCUT2D eigenvalue weighted by atomic mass is 10.2. The summed E-state index contributed by atoms with van der Waals surface area (Å²) in [5, 5.41) is 6.21. The van der Waals surface area contributed by atoms with Gasteiger partial charge in [-0.25, -0.2) is 0 Å². The fraction of sp³-hybridized carbons (Fsp3) is 0.385. The predicted octanol–water partition coefficient (Wildman–Crippen LogP) is 0.273. The molecule has 0 spiro atoms. The lowest BCUT2D eigenvalue weighted by molar-refractivity contribution is -0.125. The molecule has 1 aliphatic heterocycles. The highest BCUT2D eigenvalue weighted by Gasteiger charge is 2.28. The smallest absolute Gasteiger partial charge is 0.238 e. The molecule has 0 radical (unpaired) electrons. The van der Waals surface area contributed by atoms with Crippen LogP contribution in [0.5, 0.6) is 0 Å². The molecule has 22 heavy (non-hydrogen) atoms. The zero-order valence-electron chi connectivity index (χ0n) is 11.7. The number of benzene rings is 1. The number of hydrogen-bond donors (Lipinski definition) is 4. The Balaban J connectivity index is 2.05. The monoisotopic (exact) mass is 345 g/mol. The molecule has 1 saturated heterocycles. The number of primary amides is 1. The van der Waals surface area contributed by atoms with Crippen LogP contribution in [-0.2, 0) is 9.59 Å². The van der Waals surface area contributed by atoms with E-state index in [1.54, 1.807) is 4.90 Å². The highest BCUT2D eigenvalue weighted by Crippen LogP contribution is 2.32. The van der Waals surface area contributed by atoms with Gasteiger partial charge in [0.2, 0.25) is 11.8 Å². The molecule has 120 valence electrons. The van der Waals surface area contributed by atoms with Crippen LogP contribution in [0.15, 0.2) is 12.1 Å². The number of carbonyl (C=O) groups excluding carboxylic acids is 2. The van der Waals surface area contributed by atoms with E-state index in [9.17, 15) is 9.59 Å². The maximum Gasteiger partial charge on any atom is 0.238 e. The number of anilines is 2. The van der Waals surface area contributed by atoms with Gasteiger partial charge in [0.1, 0.15) is 6.04 Å². The van der Waals surface area contributed by atoms with Gasteiger partial charge in [0.05, 0.1) is 22.3 Å². The van der Waals surface area contributed by atoms with E-state index in [1.807, 2.05) is 0 Å². The number of hydrogen-bond acceptors (Lipinski definition) is 5. The summed E-state index contributed by atoms with van der Waals surface area (Å²) < 4.78 is 0. The lowest BCUT2D eigenvalue weighted by Gasteiger charge is -2.33. The first-order chi connectivity index (χ1) is 10.4. The van der Waals surface area contributed by atoms with E-state index in [2.05, 4.69) is 10.6 Å². The SMILES string of the molecule is NC(=O)[C@H]1CNCCN1CC(=O)Nc1c(Cl)cc(N)cc1Cl. The molecule has 1 aromatic carbocycles. The second-order valence-electron chi connectivity index (χ2n) is 5.00. The molecule has 1 atom stereocenters. The van der Waals surface area contributed by atoms with Crippen molar-refractivity contribution >= 4 is 46.4 Å². The second kappa shape index (κ2) is 7.15. The molecular formula is C13H17Cl2N5O2. The normalized spacial score (nSPS) is 18.9. The van der Waals surface area contributed by atoms with Gasteiger partial charge < -0.3 is 22.1 Å². The third kappa shape index (κ3) is 4.01. The fourth-order valence-electron chi connectivity index (χ4n) is 2.29. The average Bonchev–Trinajstić information content (AvgIpc) is 2.43. The molecule has 7 nitrogen and oxygen atoms in total. The van der Waals surface area contributed by atoms with Gasteiger partial charge in [0, 0.05) is 25.3 Å². The van der Waals surface area contributed by atoms with Gasteiger partial charge in [-0.05, 0) is 12.1 Å². The van der Waals surface area contributed by atoms with Crippen LogP contribution >= 0.6 is 23.2 Å². The summed E-state index contributed by atoms with van der Waals surface area (Å²) in [6.07, 6.45) is 0. The molecule has 1 heterocycles. The zero-order valence-corrected chi connectivity index (χ0v) is 13.2. The van der Waals surface area contributed by atoms with Gasteiger partial charge in [0.25, 0.3) is 0 Å². The Morgan fingerprint density at radius 3 is 2.59 bits per heavy atom. The summed E-state index contributed by atoms with van der Waals surface area (Å²) in [5.41, 5.74) is 11.7. The Morgan fingerprint density at radius 2 is 2.00 bits per heavy atom. The number of piperazine rings is 1. The quantitative estimate of drug-likeness (QED) is 0.585. The molecule has 0 aromatic heterocycles. The van der Waals surface area contributed by atoms with Gasteiger partial charge >= 0.3 is 0 Å². The second-order valence-corrected chi connectivity index (χ2v) is 5.81. The van der Waals surface area contributed by atoms with Crippen molar-refractivity contribution in [2.45, 2.75) is 6.04 Å².